The first-order valence-electron chi connectivity index (χ1n) is 10.9. The predicted molar refractivity (Wildman–Crippen MR) is 122 cm³/mol. The summed E-state index contributed by atoms with van der Waals surface area (Å²) in [6, 6.07) is 5.41. The van der Waals surface area contributed by atoms with Crippen LogP contribution < -0.4 is 25.8 Å². The lowest BCUT2D eigenvalue weighted by atomic mass is 9.91. The van der Waals surface area contributed by atoms with Crippen molar-refractivity contribution in [2.75, 3.05) is 35.7 Å². The molecule has 9 nitrogen and oxygen atoms in total. The van der Waals surface area contributed by atoms with Crippen molar-refractivity contribution in [2.24, 2.45) is 11.8 Å². The van der Waals surface area contributed by atoms with E-state index in [-0.39, 0.29) is 23.7 Å². The van der Waals surface area contributed by atoms with Gasteiger partial charge in [0.1, 0.15) is 11.6 Å². The molecule has 0 aliphatic carbocycles. The zero-order valence-corrected chi connectivity index (χ0v) is 18.8. The van der Waals surface area contributed by atoms with Crippen molar-refractivity contribution in [3.8, 4) is 5.75 Å². The minimum absolute atomic E-state index is 0.130. The Bertz CT molecular complexity index is 1100. The van der Waals surface area contributed by atoms with Gasteiger partial charge in [-0.15, -0.1) is 0 Å². The summed E-state index contributed by atoms with van der Waals surface area (Å²) in [4.78, 5) is 48.0. The fourth-order valence-electron chi connectivity index (χ4n) is 4.71. The van der Waals surface area contributed by atoms with Crippen LogP contribution in [0, 0.1) is 18.8 Å². The molecule has 0 radical (unpaired) electrons. The molecule has 32 heavy (non-hydrogen) atoms. The van der Waals surface area contributed by atoms with E-state index in [1.54, 1.807) is 12.1 Å². The number of methoxy groups -OCH3 is 1. The van der Waals surface area contributed by atoms with Crippen LogP contribution in [-0.2, 0) is 9.59 Å². The maximum atomic E-state index is 13.1. The number of benzene rings is 1. The third-order valence-corrected chi connectivity index (χ3v) is 6.04. The number of aryl methyl sites for hydroxylation is 1. The Kier molecular flexibility index (Phi) is 5.90. The Labute approximate surface area is 186 Å². The Balaban J connectivity index is 1.66. The van der Waals surface area contributed by atoms with E-state index < -0.39 is 17.4 Å². The summed E-state index contributed by atoms with van der Waals surface area (Å²) in [5, 5.41) is 5.50. The van der Waals surface area contributed by atoms with Gasteiger partial charge in [0.05, 0.1) is 24.3 Å². The van der Waals surface area contributed by atoms with Crippen molar-refractivity contribution in [3.05, 3.63) is 39.7 Å². The van der Waals surface area contributed by atoms with Crippen molar-refractivity contribution in [2.45, 2.75) is 39.5 Å². The number of nitrogens with one attached hydrogen (secondary N) is 3. The first kappa shape index (κ1) is 21.9. The van der Waals surface area contributed by atoms with E-state index in [1.165, 1.54) is 7.11 Å². The highest BCUT2D eigenvalue weighted by Gasteiger charge is 2.36. The summed E-state index contributed by atoms with van der Waals surface area (Å²) in [6.45, 7) is 7.78. The Morgan fingerprint density at radius 1 is 1.22 bits per heavy atom. The summed E-state index contributed by atoms with van der Waals surface area (Å²) in [7, 11) is 1.52. The second-order valence-corrected chi connectivity index (χ2v) is 9.00. The van der Waals surface area contributed by atoms with Crippen LogP contribution in [0.2, 0.25) is 0 Å². The number of aromatic amines is 1. The SMILES string of the molecule is COc1ccc(C)cc1NC(=O)C1CC(=O)Nc2nc(N3CC(C)CC(C)C3)[nH]c(=O)c21. The van der Waals surface area contributed by atoms with E-state index >= 15 is 0 Å². The Hall–Kier alpha value is -3.36. The van der Waals surface area contributed by atoms with Crippen LogP contribution in [0.15, 0.2) is 23.0 Å². The van der Waals surface area contributed by atoms with E-state index in [0.717, 1.165) is 25.1 Å². The van der Waals surface area contributed by atoms with E-state index in [4.69, 9.17) is 4.74 Å². The lowest BCUT2D eigenvalue weighted by Crippen LogP contribution is -2.42. The van der Waals surface area contributed by atoms with Gasteiger partial charge in [-0.1, -0.05) is 19.9 Å². The Morgan fingerprint density at radius 3 is 2.62 bits per heavy atom. The third kappa shape index (κ3) is 4.32. The number of fused-ring (bicyclic) bond motifs is 1. The molecular formula is C23H29N5O4. The summed E-state index contributed by atoms with van der Waals surface area (Å²) in [6.07, 6.45) is 0.988. The van der Waals surface area contributed by atoms with E-state index in [9.17, 15) is 14.4 Å². The molecule has 3 N–H and O–H groups in total. The molecule has 2 amide bonds. The second-order valence-electron chi connectivity index (χ2n) is 9.00. The maximum Gasteiger partial charge on any atom is 0.258 e. The summed E-state index contributed by atoms with van der Waals surface area (Å²) in [5.74, 6) is 0.267. The molecule has 2 aliphatic rings. The van der Waals surface area contributed by atoms with Gasteiger partial charge in [0, 0.05) is 19.5 Å². The maximum absolute atomic E-state index is 13.1. The molecule has 3 unspecified atom stereocenters. The first-order valence-corrected chi connectivity index (χ1v) is 10.9. The number of carbonyl (C=O) groups is 2. The van der Waals surface area contributed by atoms with Crippen LogP contribution in [0.4, 0.5) is 17.5 Å². The van der Waals surface area contributed by atoms with Crippen LogP contribution in [0.25, 0.3) is 0 Å². The average molecular weight is 440 g/mol. The van der Waals surface area contributed by atoms with Gasteiger partial charge in [0.25, 0.3) is 5.56 Å². The van der Waals surface area contributed by atoms with Gasteiger partial charge in [-0.05, 0) is 42.9 Å². The van der Waals surface area contributed by atoms with Gasteiger partial charge in [0.15, 0.2) is 0 Å². The number of hydrogen-bond donors (Lipinski definition) is 3. The number of amides is 2. The number of carbonyl (C=O) groups excluding carboxylic acids is 2. The number of rotatable bonds is 4. The van der Waals surface area contributed by atoms with E-state index in [0.29, 0.717) is 29.2 Å². The molecular weight excluding hydrogens is 410 g/mol. The van der Waals surface area contributed by atoms with Gasteiger partial charge in [-0.25, -0.2) is 0 Å². The molecule has 4 rings (SSSR count). The zero-order valence-electron chi connectivity index (χ0n) is 18.8. The molecule has 0 spiro atoms. The molecule has 0 saturated carbocycles. The number of hydrogen-bond acceptors (Lipinski definition) is 6. The number of nitrogens with zero attached hydrogens (tertiary/aromatic N) is 2. The highest BCUT2D eigenvalue weighted by atomic mass is 16.5. The number of anilines is 3. The van der Waals surface area contributed by atoms with Crippen LogP contribution >= 0.6 is 0 Å². The topological polar surface area (TPSA) is 116 Å². The summed E-state index contributed by atoms with van der Waals surface area (Å²) >= 11 is 0. The second kappa shape index (κ2) is 8.64. The van der Waals surface area contributed by atoms with Crippen molar-refractivity contribution in [1.29, 1.82) is 0 Å². The highest BCUT2D eigenvalue weighted by Crippen LogP contribution is 2.33. The summed E-state index contributed by atoms with van der Waals surface area (Å²) in [5.41, 5.74) is 1.20. The monoisotopic (exact) mass is 439 g/mol. The number of aromatic nitrogens is 2. The molecule has 170 valence electrons. The summed E-state index contributed by atoms with van der Waals surface area (Å²) < 4.78 is 5.32. The minimum Gasteiger partial charge on any atom is -0.495 e. The number of piperidine rings is 1. The fraction of sp³-hybridized carbons (Fsp3) is 0.478. The van der Waals surface area contributed by atoms with Crippen molar-refractivity contribution in [3.63, 3.8) is 0 Å². The van der Waals surface area contributed by atoms with Gasteiger partial charge >= 0.3 is 0 Å². The molecule has 2 aliphatic heterocycles. The molecule has 3 atom stereocenters. The van der Waals surface area contributed by atoms with Gasteiger partial charge in [-0.2, -0.15) is 4.98 Å². The van der Waals surface area contributed by atoms with Crippen LogP contribution in [-0.4, -0.2) is 42.0 Å². The molecule has 2 aromatic rings. The quantitative estimate of drug-likeness (QED) is 0.674. The number of ether oxygens (including phenoxy) is 1. The number of H-pyrrole nitrogens is 1. The smallest absolute Gasteiger partial charge is 0.258 e. The molecule has 1 aromatic heterocycles. The molecule has 3 heterocycles. The zero-order chi connectivity index (χ0) is 23.0. The van der Waals surface area contributed by atoms with Crippen molar-refractivity contribution >= 4 is 29.3 Å². The molecule has 1 aromatic carbocycles. The van der Waals surface area contributed by atoms with Crippen molar-refractivity contribution in [1.82, 2.24) is 9.97 Å². The van der Waals surface area contributed by atoms with E-state index in [1.807, 2.05) is 17.9 Å². The van der Waals surface area contributed by atoms with Crippen LogP contribution in [0.1, 0.15) is 43.7 Å². The standard InChI is InChI=1S/C23H29N5O4/c1-12-5-6-17(32-4)16(8-12)24-21(30)15-9-18(29)25-20-19(15)22(31)27-23(26-20)28-10-13(2)7-14(3)11-28/h5-6,8,13-15H,7,9-11H2,1-4H3,(H,24,30)(H2,25,26,27,29,31). The lowest BCUT2D eigenvalue weighted by molar-refractivity contribution is -0.123. The van der Waals surface area contributed by atoms with Gasteiger partial charge in [-0.3, -0.25) is 19.4 Å². The highest BCUT2D eigenvalue weighted by molar-refractivity contribution is 6.05. The fourth-order valence-corrected chi connectivity index (χ4v) is 4.71. The average Bonchev–Trinajstić information content (AvgIpc) is 2.72. The Morgan fingerprint density at radius 2 is 1.94 bits per heavy atom. The molecule has 1 saturated heterocycles. The molecule has 9 heteroatoms. The normalized spacial score (nSPS) is 22.7. The van der Waals surface area contributed by atoms with Crippen molar-refractivity contribution < 1.29 is 14.3 Å². The van der Waals surface area contributed by atoms with Gasteiger partial charge in [0.2, 0.25) is 17.8 Å². The van der Waals surface area contributed by atoms with Crippen LogP contribution in [0.5, 0.6) is 5.75 Å². The largest absolute Gasteiger partial charge is 0.495 e. The molecule has 0 bridgehead atoms. The van der Waals surface area contributed by atoms with Gasteiger partial charge < -0.3 is 20.3 Å². The third-order valence-electron chi connectivity index (χ3n) is 6.04. The first-order chi connectivity index (χ1) is 15.2. The lowest BCUT2D eigenvalue weighted by Gasteiger charge is -2.35. The minimum atomic E-state index is -0.950. The molecule has 1 fully saturated rings. The van der Waals surface area contributed by atoms with Crippen LogP contribution in [0.3, 0.4) is 0 Å². The van der Waals surface area contributed by atoms with E-state index in [2.05, 4.69) is 34.4 Å². The predicted octanol–water partition coefficient (Wildman–Crippen LogP) is 2.63.